The van der Waals surface area contributed by atoms with Gasteiger partial charge in [0.05, 0.1) is 0 Å². The highest BCUT2D eigenvalue weighted by molar-refractivity contribution is 7.89. The van der Waals surface area contributed by atoms with Gasteiger partial charge in [0.15, 0.2) is 0 Å². The normalized spacial score (nSPS) is 24.8. The first-order chi connectivity index (χ1) is 9.06. The zero-order chi connectivity index (χ0) is 13.5. The van der Waals surface area contributed by atoms with Gasteiger partial charge in [-0.15, -0.1) is 0 Å². The molecule has 1 atom stereocenters. The molecule has 0 bridgehead atoms. The van der Waals surface area contributed by atoms with E-state index in [1.165, 1.54) is 25.1 Å². The fourth-order valence-electron chi connectivity index (χ4n) is 2.51. The molecule has 1 saturated carbocycles. The SMILES string of the molecule is O=S(=O)(NC1CCN(C2CC2)C1)c1cccnc1Cl. The van der Waals surface area contributed by atoms with Crippen molar-refractivity contribution in [1.29, 1.82) is 0 Å². The molecule has 1 saturated heterocycles. The summed E-state index contributed by atoms with van der Waals surface area (Å²) in [5.74, 6) is 0. The van der Waals surface area contributed by atoms with Crippen molar-refractivity contribution in [2.24, 2.45) is 0 Å². The first-order valence-electron chi connectivity index (χ1n) is 6.43. The molecule has 0 radical (unpaired) electrons. The van der Waals surface area contributed by atoms with Gasteiger partial charge in [0.2, 0.25) is 10.0 Å². The van der Waals surface area contributed by atoms with Gasteiger partial charge in [-0.2, -0.15) is 0 Å². The Morgan fingerprint density at radius 1 is 1.37 bits per heavy atom. The number of nitrogens with one attached hydrogen (secondary N) is 1. The second-order valence-corrected chi connectivity index (χ2v) is 7.17. The van der Waals surface area contributed by atoms with Crippen LogP contribution in [0.3, 0.4) is 0 Å². The lowest BCUT2D eigenvalue weighted by Gasteiger charge is -2.16. The third-order valence-electron chi connectivity index (χ3n) is 3.62. The van der Waals surface area contributed by atoms with Crippen LogP contribution in [-0.2, 0) is 10.0 Å². The maximum atomic E-state index is 12.2. The molecule has 1 aromatic heterocycles. The molecule has 7 heteroatoms. The Morgan fingerprint density at radius 3 is 2.84 bits per heavy atom. The van der Waals surface area contributed by atoms with E-state index in [0.717, 1.165) is 19.5 Å². The van der Waals surface area contributed by atoms with Gasteiger partial charge in [-0.1, -0.05) is 11.6 Å². The lowest BCUT2D eigenvalue weighted by atomic mass is 10.3. The van der Waals surface area contributed by atoms with E-state index in [1.54, 1.807) is 6.07 Å². The predicted molar refractivity (Wildman–Crippen MR) is 72.6 cm³/mol. The van der Waals surface area contributed by atoms with Gasteiger partial charge < -0.3 is 0 Å². The minimum absolute atomic E-state index is 0.0204. The van der Waals surface area contributed by atoms with E-state index in [1.807, 2.05) is 0 Å². The number of rotatable bonds is 4. The van der Waals surface area contributed by atoms with E-state index in [2.05, 4.69) is 14.6 Å². The largest absolute Gasteiger partial charge is 0.299 e. The average molecular weight is 302 g/mol. The Bertz CT molecular complexity index is 574. The molecule has 5 nitrogen and oxygen atoms in total. The summed E-state index contributed by atoms with van der Waals surface area (Å²) in [6.07, 6.45) is 4.82. The van der Waals surface area contributed by atoms with E-state index in [-0.39, 0.29) is 16.1 Å². The Morgan fingerprint density at radius 2 is 2.16 bits per heavy atom. The predicted octanol–water partition coefficient (Wildman–Crippen LogP) is 1.25. The molecule has 2 aliphatic rings. The van der Waals surface area contributed by atoms with Gasteiger partial charge in [-0.3, -0.25) is 4.90 Å². The fraction of sp³-hybridized carbons (Fsp3) is 0.583. The number of halogens is 1. The number of aromatic nitrogens is 1. The van der Waals surface area contributed by atoms with Crippen LogP contribution in [0, 0.1) is 0 Å². The number of hydrogen-bond acceptors (Lipinski definition) is 4. The summed E-state index contributed by atoms with van der Waals surface area (Å²) in [7, 11) is -3.57. The molecular formula is C12H16ClN3O2S. The number of nitrogens with zero attached hydrogens (tertiary/aromatic N) is 2. The maximum absolute atomic E-state index is 12.2. The van der Waals surface area contributed by atoms with Crippen LogP contribution in [0.4, 0.5) is 0 Å². The van der Waals surface area contributed by atoms with Crippen molar-refractivity contribution in [2.45, 2.75) is 36.2 Å². The summed E-state index contributed by atoms with van der Waals surface area (Å²) in [5, 5.41) is 0.0204. The average Bonchev–Trinajstić information content (AvgIpc) is 3.11. The second-order valence-electron chi connectivity index (χ2n) is 5.13. The molecule has 1 unspecified atom stereocenters. The molecule has 3 rings (SSSR count). The number of sulfonamides is 1. The van der Waals surface area contributed by atoms with Crippen LogP contribution in [0.1, 0.15) is 19.3 Å². The zero-order valence-corrected chi connectivity index (χ0v) is 12.0. The molecule has 104 valence electrons. The van der Waals surface area contributed by atoms with E-state index < -0.39 is 10.0 Å². The number of pyridine rings is 1. The maximum Gasteiger partial charge on any atom is 0.243 e. The van der Waals surface area contributed by atoms with Crippen LogP contribution in [0.25, 0.3) is 0 Å². The molecular weight excluding hydrogens is 286 g/mol. The molecule has 1 aliphatic carbocycles. The molecule has 1 N–H and O–H groups in total. The minimum atomic E-state index is -3.57. The van der Waals surface area contributed by atoms with E-state index in [4.69, 9.17) is 11.6 Å². The summed E-state index contributed by atoms with van der Waals surface area (Å²) in [4.78, 5) is 6.23. The summed E-state index contributed by atoms with van der Waals surface area (Å²) in [6, 6.07) is 3.70. The Balaban J connectivity index is 1.70. The van der Waals surface area contributed by atoms with Gasteiger partial charge in [-0.05, 0) is 31.4 Å². The summed E-state index contributed by atoms with van der Waals surface area (Å²) in [5.41, 5.74) is 0. The molecule has 1 aromatic rings. The molecule has 0 aromatic carbocycles. The molecule has 19 heavy (non-hydrogen) atoms. The standard InChI is InChI=1S/C12H16ClN3O2S/c13-12-11(2-1-6-14-12)19(17,18)15-9-5-7-16(8-9)10-3-4-10/h1-2,6,9-10,15H,3-5,7-8H2. The van der Waals surface area contributed by atoms with Crippen molar-refractivity contribution in [3.8, 4) is 0 Å². The Labute approximate surface area is 118 Å². The second kappa shape index (κ2) is 5.01. The topological polar surface area (TPSA) is 62.3 Å². The van der Waals surface area contributed by atoms with Crippen molar-refractivity contribution in [3.05, 3.63) is 23.5 Å². The van der Waals surface area contributed by atoms with Crippen LogP contribution in [-0.4, -0.2) is 43.5 Å². The lowest BCUT2D eigenvalue weighted by molar-refractivity contribution is 0.322. The van der Waals surface area contributed by atoms with Crippen LogP contribution in [0.15, 0.2) is 23.2 Å². The zero-order valence-electron chi connectivity index (χ0n) is 10.4. The van der Waals surface area contributed by atoms with Gasteiger partial charge in [-0.25, -0.2) is 18.1 Å². The Kier molecular flexibility index (Phi) is 3.51. The van der Waals surface area contributed by atoms with Crippen LogP contribution >= 0.6 is 11.6 Å². The third-order valence-corrected chi connectivity index (χ3v) is 5.58. The highest BCUT2D eigenvalue weighted by atomic mass is 35.5. The van der Waals surface area contributed by atoms with E-state index in [9.17, 15) is 8.42 Å². The summed E-state index contributed by atoms with van der Waals surface area (Å²) in [6.45, 7) is 1.76. The highest BCUT2D eigenvalue weighted by Gasteiger charge is 2.36. The Hall–Kier alpha value is -0.690. The van der Waals surface area contributed by atoms with Crippen molar-refractivity contribution in [1.82, 2.24) is 14.6 Å². The summed E-state index contributed by atoms with van der Waals surface area (Å²) < 4.78 is 27.2. The van der Waals surface area contributed by atoms with Crippen LogP contribution < -0.4 is 4.72 Å². The van der Waals surface area contributed by atoms with Crippen molar-refractivity contribution < 1.29 is 8.42 Å². The number of likely N-dealkylation sites (tertiary alicyclic amines) is 1. The minimum Gasteiger partial charge on any atom is -0.299 e. The molecule has 2 heterocycles. The van der Waals surface area contributed by atoms with E-state index >= 15 is 0 Å². The van der Waals surface area contributed by atoms with E-state index in [0.29, 0.717) is 6.04 Å². The smallest absolute Gasteiger partial charge is 0.243 e. The molecule has 0 amide bonds. The monoisotopic (exact) mass is 301 g/mol. The fourth-order valence-corrected chi connectivity index (χ4v) is 4.22. The van der Waals surface area contributed by atoms with Gasteiger partial charge in [0.25, 0.3) is 0 Å². The highest BCUT2D eigenvalue weighted by Crippen LogP contribution is 2.30. The third kappa shape index (κ3) is 2.91. The van der Waals surface area contributed by atoms with Crippen LogP contribution in [0.5, 0.6) is 0 Å². The van der Waals surface area contributed by atoms with Gasteiger partial charge in [0.1, 0.15) is 10.0 Å². The van der Waals surface area contributed by atoms with Crippen LogP contribution in [0.2, 0.25) is 5.15 Å². The first-order valence-corrected chi connectivity index (χ1v) is 8.29. The quantitative estimate of drug-likeness (QED) is 0.850. The van der Waals surface area contributed by atoms with Crippen molar-refractivity contribution in [2.75, 3.05) is 13.1 Å². The van der Waals surface area contributed by atoms with Gasteiger partial charge >= 0.3 is 0 Å². The molecule has 2 fully saturated rings. The summed E-state index contributed by atoms with van der Waals surface area (Å²) >= 11 is 5.84. The van der Waals surface area contributed by atoms with Crippen molar-refractivity contribution >= 4 is 21.6 Å². The van der Waals surface area contributed by atoms with Gasteiger partial charge in [0, 0.05) is 31.4 Å². The lowest BCUT2D eigenvalue weighted by Crippen LogP contribution is -2.37. The number of hydrogen-bond donors (Lipinski definition) is 1. The van der Waals surface area contributed by atoms with Crippen molar-refractivity contribution in [3.63, 3.8) is 0 Å². The molecule has 0 spiro atoms. The first kappa shape index (κ1) is 13.3. The molecule has 1 aliphatic heterocycles.